The van der Waals surface area contributed by atoms with E-state index in [2.05, 4.69) is 9.50 Å². The van der Waals surface area contributed by atoms with Crippen LogP contribution in [0.3, 0.4) is 0 Å². The van der Waals surface area contributed by atoms with Gasteiger partial charge in [0.05, 0.1) is 6.61 Å². The quantitative estimate of drug-likeness (QED) is 0.116. The molecule has 0 unspecified atom stereocenters. The minimum Gasteiger partial charge on any atom is -0.389 e. The smallest absolute Gasteiger partial charge is 0.389 e. The summed E-state index contributed by atoms with van der Waals surface area (Å²) in [5.41, 5.74) is 0. The molecule has 0 spiro atoms. The van der Waals surface area contributed by atoms with Crippen molar-refractivity contribution in [3.63, 3.8) is 0 Å². The number of ether oxygens (including phenoxy) is 3. The Morgan fingerprint density at radius 1 is 0.889 bits per heavy atom. The van der Waals surface area contributed by atoms with E-state index in [-0.39, 0.29) is 0 Å². The van der Waals surface area contributed by atoms with Crippen molar-refractivity contribution in [2.24, 2.45) is 0 Å². The molecule has 0 aromatic heterocycles. The maximum absolute atomic E-state index is 11.8. The molecule has 2 rings (SSSR count). The van der Waals surface area contributed by atoms with Gasteiger partial charge < -0.3 is 40.0 Å². The van der Waals surface area contributed by atoms with Gasteiger partial charge in [0.25, 0.3) is 20.2 Å². The summed E-state index contributed by atoms with van der Waals surface area (Å²) < 4.78 is 115. The average Bonchev–Trinajstić information content (AvgIpc) is 2.66. The SMILES string of the molecule is CC(=O)N[C@@H]1[C@@H](O)[C@H](O[C@@H]2O[C@H](CS(=O)(=O)O)[C@H](O)[C@H](S(=O)(=O)O)[C@H]2O)[C@@H](COS(=O)(=O)O)O[C@H]1O. The Morgan fingerprint density at radius 3 is 1.94 bits per heavy atom. The van der Waals surface area contributed by atoms with Gasteiger partial charge in [0, 0.05) is 6.92 Å². The van der Waals surface area contributed by atoms with Crippen LogP contribution < -0.4 is 5.32 Å². The molecule has 0 saturated carbocycles. The Bertz CT molecular complexity index is 1110. The lowest BCUT2D eigenvalue weighted by molar-refractivity contribution is -0.325. The van der Waals surface area contributed by atoms with Crippen molar-refractivity contribution in [2.75, 3.05) is 12.4 Å². The molecule has 10 atom stereocenters. The van der Waals surface area contributed by atoms with Crippen LogP contribution in [-0.2, 0) is 53.8 Å². The second-order valence-corrected chi connectivity index (χ2v) is 12.0. The molecule has 2 saturated heterocycles. The number of nitrogens with one attached hydrogen (secondary N) is 1. The van der Waals surface area contributed by atoms with E-state index in [1.165, 1.54) is 0 Å². The number of aliphatic hydroxyl groups is 4. The zero-order valence-electron chi connectivity index (χ0n) is 18.0. The van der Waals surface area contributed by atoms with Crippen LogP contribution in [0.5, 0.6) is 0 Å². The average molecular weight is 592 g/mol. The van der Waals surface area contributed by atoms with Gasteiger partial charge in [-0.05, 0) is 0 Å². The maximum atomic E-state index is 11.8. The minimum atomic E-state index is -5.34. The van der Waals surface area contributed by atoms with Gasteiger partial charge in [0.2, 0.25) is 5.91 Å². The van der Waals surface area contributed by atoms with Gasteiger partial charge >= 0.3 is 10.4 Å². The number of hydrogen-bond donors (Lipinski definition) is 8. The third-order valence-corrected chi connectivity index (χ3v) is 7.52. The van der Waals surface area contributed by atoms with Crippen LogP contribution in [-0.4, -0.2) is 138 Å². The highest BCUT2D eigenvalue weighted by Crippen LogP contribution is 2.31. The van der Waals surface area contributed by atoms with Crippen LogP contribution in [0.25, 0.3) is 0 Å². The van der Waals surface area contributed by atoms with Crippen molar-refractivity contribution in [1.29, 1.82) is 0 Å². The second-order valence-electron chi connectivity index (χ2n) is 7.85. The van der Waals surface area contributed by atoms with Gasteiger partial charge in [-0.1, -0.05) is 0 Å². The number of amides is 1. The highest BCUT2D eigenvalue weighted by molar-refractivity contribution is 7.86. The number of carbonyl (C=O) groups is 1. The summed E-state index contributed by atoms with van der Waals surface area (Å²) in [6.07, 6.45) is -17.2. The summed E-state index contributed by atoms with van der Waals surface area (Å²) in [4.78, 5) is 11.4. The number of carbonyl (C=O) groups excluding carboxylic acids is 1. The summed E-state index contributed by atoms with van der Waals surface area (Å²) in [6, 6.07) is -1.67. The molecule has 0 aromatic rings. The fourth-order valence-corrected chi connectivity index (χ4v) is 5.65. The second kappa shape index (κ2) is 11.3. The largest absolute Gasteiger partial charge is 0.397 e. The normalized spacial score (nSPS) is 38.4. The molecule has 2 aliphatic rings. The molecule has 1 amide bonds. The fraction of sp³-hybridized carbons (Fsp3) is 0.929. The molecule has 36 heavy (non-hydrogen) atoms. The molecule has 8 N–H and O–H groups in total. The first kappa shape index (κ1) is 31.1. The van der Waals surface area contributed by atoms with E-state index in [4.69, 9.17) is 23.3 Å². The van der Waals surface area contributed by atoms with Crippen LogP contribution in [0.4, 0.5) is 0 Å². The molecule has 0 aliphatic carbocycles. The van der Waals surface area contributed by atoms with Gasteiger partial charge in [0.15, 0.2) is 12.6 Å². The number of aliphatic hydroxyl groups excluding tert-OH is 4. The molecule has 22 heteroatoms. The van der Waals surface area contributed by atoms with Crippen LogP contribution in [0, 0.1) is 0 Å². The maximum Gasteiger partial charge on any atom is 0.397 e. The Kier molecular flexibility index (Phi) is 9.78. The van der Waals surface area contributed by atoms with E-state index in [1.54, 1.807) is 0 Å². The van der Waals surface area contributed by atoms with Crippen LogP contribution in [0.1, 0.15) is 6.92 Å². The van der Waals surface area contributed by atoms with Gasteiger partial charge in [-0.3, -0.25) is 18.5 Å². The van der Waals surface area contributed by atoms with Crippen molar-refractivity contribution < 1.29 is 82.5 Å². The zero-order chi connectivity index (χ0) is 27.8. The Balaban J connectivity index is 2.43. The van der Waals surface area contributed by atoms with Crippen molar-refractivity contribution >= 4 is 36.5 Å². The first-order valence-electron chi connectivity index (χ1n) is 9.70. The Labute approximate surface area is 204 Å². The van der Waals surface area contributed by atoms with Gasteiger partial charge in [-0.2, -0.15) is 25.3 Å². The lowest BCUT2D eigenvalue weighted by atomic mass is 9.96. The molecule has 0 aromatic carbocycles. The highest BCUT2D eigenvalue weighted by Gasteiger charge is 2.55. The van der Waals surface area contributed by atoms with E-state index in [1.807, 2.05) is 0 Å². The van der Waals surface area contributed by atoms with Crippen molar-refractivity contribution in [1.82, 2.24) is 5.32 Å². The van der Waals surface area contributed by atoms with E-state index in [0.29, 0.717) is 0 Å². The lowest BCUT2D eigenvalue weighted by Crippen LogP contribution is -2.68. The Morgan fingerprint density at radius 2 is 1.47 bits per heavy atom. The van der Waals surface area contributed by atoms with Crippen molar-refractivity contribution in [3.05, 3.63) is 0 Å². The van der Waals surface area contributed by atoms with Crippen molar-refractivity contribution in [3.8, 4) is 0 Å². The zero-order valence-corrected chi connectivity index (χ0v) is 20.5. The standard InChI is InChI=1S/C14H25NO18S3/c1-4(16)15-7-9(18)11(5(31-13(7)20)2-30-36(27,28)29)33-14-10(19)12(35(24,25)26)8(17)6(32-14)3-34(21,22)23/h5-14,17-20H,2-3H2,1H3,(H,15,16)(H,21,22,23)(H,24,25,26)(H,27,28,29)/t5-,6-,7-,8+,9-,10-,11-,12+,13-,14+/m1/s1. The summed E-state index contributed by atoms with van der Waals surface area (Å²) in [6.45, 7) is -0.180. The van der Waals surface area contributed by atoms with E-state index < -0.39 is 109 Å². The molecule has 212 valence electrons. The molecule has 0 radical (unpaired) electrons. The molecule has 0 bridgehead atoms. The lowest BCUT2D eigenvalue weighted by Gasteiger charge is -2.46. The summed E-state index contributed by atoms with van der Waals surface area (Å²) >= 11 is 0. The predicted octanol–water partition coefficient (Wildman–Crippen LogP) is -5.64. The molecule has 2 aliphatic heterocycles. The number of rotatable bonds is 9. The van der Waals surface area contributed by atoms with E-state index in [9.17, 15) is 55.0 Å². The number of hydrogen-bond acceptors (Lipinski definition) is 15. The monoisotopic (exact) mass is 591 g/mol. The predicted molar refractivity (Wildman–Crippen MR) is 109 cm³/mol. The molecular weight excluding hydrogens is 566 g/mol. The first-order chi connectivity index (χ1) is 16.2. The van der Waals surface area contributed by atoms with E-state index in [0.717, 1.165) is 6.92 Å². The van der Waals surface area contributed by atoms with Crippen LogP contribution in [0.2, 0.25) is 0 Å². The minimum absolute atomic E-state index is 0.801. The van der Waals surface area contributed by atoms with Crippen LogP contribution in [0.15, 0.2) is 0 Å². The summed E-state index contributed by atoms with van der Waals surface area (Å²) in [5.74, 6) is -2.25. The Hall–Kier alpha value is -1.12. The van der Waals surface area contributed by atoms with Gasteiger partial charge in [0.1, 0.15) is 53.7 Å². The van der Waals surface area contributed by atoms with Gasteiger partial charge in [-0.15, -0.1) is 0 Å². The van der Waals surface area contributed by atoms with Crippen molar-refractivity contribution in [2.45, 2.75) is 67.4 Å². The summed E-state index contributed by atoms with van der Waals surface area (Å²) in [7, 11) is -15.4. The third-order valence-electron chi connectivity index (χ3n) is 5.10. The fourth-order valence-electron chi connectivity index (χ4n) is 3.65. The van der Waals surface area contributed by atoms with Gasteiger partial charge in [-0.25, -0.2) is 4.18 Å². The topological polar surface area (TPSA) is 310 Å². The highest BCUT2D eigenvalue weighted by atomic mass is 32.3. The molecule has 19 nitrogen and oxygen atoms in total. The molecular formula is C14H25NO18S3. The first-order valence-corrected chi connectivity index (χ1v) is 14.2. The van der Waals surface area contributed by atoms with E-state index >= 15 is 0 Å². The molecule has 2 fully saturated rings. The third kappa shape index (κ3) is 8.19. The van der Waals surface area contributed by atoms with Crippen LogP contribution >= 0.6 is 0 Å². The molecule has 2 heterocycles. The summed E-state index contributed by atoms with van der Waals surface area (Å²) in [5, 5.41) is 40.8.